The van der Waals surface area contributed by atoms with Crippen molar-refractivity contribution in [3.05, 3.63) is 47.4 Å². The van der Waals surface area contributed by atoms with E-state index in [1.165, 1.54) is 56.1 Å². The number of allylic oxidation sites excluding steroid dienone is 1. The van der Waals surface area contributed by atoms with Crippen molar-refractivity contribution < 1.29 is 9.47 Å². The van der Waals surface area contributed by atoms with Crippen LogP contribution < -0.4 is 5.32 Å². The van der Waals surface area contributed by atoms with Crippen LogP contribution in [0.3, 0.4) is 0 Å². The van der Waals surface area contributed by atoms with Crippen molar-refractivity contribution in [2.45, 2.75) is 63.2 Å². The lowest BCUT2D eigenvalue weighted by Crippen LogP contribution is -2.61. The topological polar surface area (TPSA) is 30.5 Å². The Balaban J connectivity index is 1.29. The van der Waals surface area contributed by atoms with Gasteiger partial charge in [0.15, 0.2) is 5.88 Å². The van der Waals surface area contributed by atoms with Crippen LogP contribution in [0.1, 0.15) is 50.5 Å². The summed E-state index contributed by atoms with van der Waals surface area (Å²) in [5, 5.41) is 3.87. The Bertz CT molecular complexity index is 646. The van der Waals surface area contributed by atoms with Crippen molar-refractivity contribution in [3.63, 3.8) is 0 Å². The summed E-state index contributed by atoms with van der Waals surface area (Å²) < 4.78 is 12.2. The second-order valence-corrected chi connectivity index (χ2v) is 8.73. The van der Waals surface area contributed by atoms with Crippen molar-refractivity contribution >= 4 is 0 Å². The van der Waals surface area contributed by atoms with Gasteiger partial charge in [0.05, 0.1) is 5.60 Å². The number of nitrogens with one attached hydrogen (secondary N) is 1. The summed E-state index contributed by atoms with van der Waals surface area (Å²) in [5.74, 6) is 3.48. The summed E-state index contributed by atoms with van der Waals surface area (Å²) in [6, 6.07) is 11.1. The molecule has 5 atom stereocenters. The zero-order valence-electron chi connectivity index (χ0n) is 15.2. The smallest absolute Gasteiger partial charge is 0.186 e. The van der Waals surface area contributed by atoms with Gasteiger partial charge in [-0.25, -0.2) is 0 Å². The molecule has 1 aromatic carbocycles. The Morgan fingerprint density at radius 3 is 2.44 bits per heavy atom. The van der Waals surface area contributed by atoms with Gasteiger partial charge in [-0.1, -0.05) is 30.3 Å². The fraction of sp³-hybridized carbons (Fsp3) is 0.636. The second-order valence-electron chi connectivity index (χ2n) is 8.73. The third kappa shape index (κ3) is 2.97. The van der Waals surface area contributed by atoms with Crippen LogP contribution in [0, 0.1) is 17.8 Å². The lowest BCUT2D eigenvalue weighted by atomic mass is 9.52. The number of hydrogen-bond donors (Lipinski definition) is 1. The summed E-state index contributed by atoms with van der Waals surface area (Å²) in [6.07, 6.45) is 8.90. The molecule has 1 aromatic rings. The molecule has 5 saturated carbocycles. The highest BCUT2D eigenvalue weighted by atomic mass is 16.5. The molecule has 0 aromatic heterocycles. The summed E-state index contributed by atoms with van der Waals surface area (Å²) in [5.41, 5.74) is 2.91. The van der Waals surface area contributed by atoms with E-state index in [2.05, 4.69) is 35.6 Å². The number of hydrogen-bond acceptors (Lipinski definition) is 3. The lowest BCUT2D eigenvalue weighted by Gasteiger charge is -2.59. The standard InChI is InChI=1S/C22H29NO2/c1-24-22-11-16-9-18(12-22)20(19(10-16)13-22)23-21(17-7-8-17)25-14-15-5-3-2-4-6-15/h2-6,16,18-20,23H,7-14H2,1H3/t16?,18-,19+,20?,22?. The molecule has 0 saturated heterocycles. The van der Waals surface area contributed by atoms with Gasteiger partial charge in [0.25, 0.3) is 0 Å². The first-order chi connectivity index (χ1) is 12.2. The van der Waals surface area contributed by atoms with E-state index in [0.717, 1.165) is 23.6 Å². The third-order valence-corrected chi connectivity index (χ3v) is 6.99. The molecule has 0 amide bonds. The van der Waals surface area contributed by atoms with Crippen molar-refractivity contribution in [2.24, 2.45) is 17.8 Å². The Hall–Kier alpha value is -1.48. The predicted octanol–water partition coefficient (Wildman–Crippen LogP) is 4.39. The molecule has 6 rings (SSSR count). The molecule has 0 aliphatic heterocycles. The van der Waals surface area contributed by atoms with E-state index in [-0.39, 0.29) is 5.60 Å². The highest BCUT2D eigenvalue weighted by Crippen LogP contribution is 2.57. The minimum absolute atomic E-state index is 0.187. The quantitative estimate of drug-likeness (QED) is 0.780. The zero-order chi connectivity index (χ0) is 16.9. The molecule has 0 radical (unpaired) electrons. The van der Waals surface area contributed by atoms with Gasteiger partial charge in [-0.2, -0.15) is 0 Å². The predicted molar refractivity (Wildman–Crippen MR) is 97.7 cm³/mol. The van der Waals surface area contributed by atoms with E-state index >= 15 is 0 Å². The molecular formula is C22H29NO2. The van der Waals surface area contributed by atoms with E-state index in [0.29, 0.717) is 12.6 Å². The van der Waals surface area contributed by atoms with Crippen LogP contribution in [0.4, 0.5) is 0 Å². The molecule has 0 heterocycles. The largest absolute Gasteiger partial charge is 0.474 e. The first kappa shape index (κ1) is 15.7. The van der Waals surface area contributed by atoms with Gasteiger partial charge >= 0.3 is 0 Å². The van der Waals surface area contributed by atoms with Crippen LogP contribution in [0.15, 0.2) is 41.8 Å². The molecule has 3 nitrogen and oxygen atoms in total. The molecular weight excluding hydrogens is 310 g/mol. The molecule has 1 N–H and O–H groups in total. The normalized spacial score (nSPS) is 37.9. The molecule has 0 spiro atoms. The molecule has 134 valence electrons. The van der Waals surface area contributed by atoms with Gasteiger partial charge < -0.3 is 14.8 Å². The highest BCUT2D eigenvalue weighted by molar-refractivity contribution is 5.23. The Morgan fingerprint density at radius 1 is 1.08 bits per heavy atom. The number of benzene rings is 1. The van der Waals surface area contributed by atoms with Gasteiger partial charge in [0.1, 0.15) is 6.61 Å². The van der Waals surface area contributed by atoms with Crippen molar-refractivity contribution in [1.82, 2.24) is 5.32 Å². The van der Waals surface area contributed by atoms with Crippen molar-refractivity contribution in [2.75, 3.05) is 7.11 Å². The fourth-order valence-electron chi connectivity index (χ4n) is 5.85. The van der Waals surface area contributed by atoms with Crippen LogP contribution in [0.25, 0.3) is 0 Å². The van der Waals surface area contributed by atoms with Gasteiger partial charge in [0.2, 0.25) is 0 Å². The van der Waals surface area contributed by atoms with Crippen LogP contribution in [0.5, 0.6) is 0 Å². The monoisotopic (exact) mass is 339 g/mol. The number of rotatable bonds is 6. The minimum atomic E-state index is 0.187. The van der Waals surface area contributed by atoms with Gasteiger partial charge in [-0.15, -0.1) is 0 Å². The molecule has 25 heavy (non-hydrogen) atoms. The van der Waals surface area contributed by atoms with E-state index in [1.54, 1.807) is 0 Å². The molecule has 5 aliphatic rings. The van der Waals surface area contributed by atoms with Gasteiger partial charge in [-0.3, -0.25) is 0 Å². The molecule has 3 heteroatoms. The molecule has 4 bridgehead atoms. The van der Waals surface area contributed by atoms with Gasteiger partial charge in [-0.05, 0) is 73.8 Å². The Kier molecular flexibility index (Phi) is 3.81. The van der Waals surface area contributed by atoms with Gasteiger partial charge in [0, 0.05) is 13.2 Å². The average Bonchev–Trinajstić information content (AvgIpc) is 3.46. The molecule has 5 aliphatic carbocycles. The summed E-state index contributed by atoms with van der Waals surface area (Å²) in [4.78, 5) is 0. The average molecular weight is 339 g/mol. The van der Waals surface area contributed by atoms with Crippen LogP contribution in [0.2, 0.25) is 0 Å². The Labute approximate surface area is 150 Å². The summed E-state index contributed by atoms with van der Waals surface area (Å²) in [6.45, 7) is 0.666. The fourth-order valence-corrected chi connectivity index (χ4v) is 5.85. The second kappa shape index (κ2) is 6.05. The number of ether oxygens (including phenoxy) is 2. The van der Waals surface area contributed by atoms with E-state index in [1.807, 2.05) is 7.11 Å². The zero-order valence-corrected chi connectivity index (χ0v) is 15.2. The minimum Gasteiger partial charge on any atom is -0.474 e. The van der Waals surface area contributed by atoms with Crippen LogP contribution in [-0.2, 0) is 16.1 Å². The highest BCUT2D eigenvalue weighted by Gasteiger charge is 2.56. The molecule has 5 fully saturated rings. The first-order valence-electron chi connectivity index (χ1n) is 9.95. The maximum absolute atomic E-state index is 6.25. The Morgan fingerprint density at radius 2 is 1.80 bits per heavy atom. The lowest BCUT2D eigenvalue weighted by molar-refractivity contribution is -0.157. The third-order valence-electron chi connectivity index (χ3n) is 6.99. The summed E-state index contributed by atoms with van der Waals surface area (Å²) in [7, 11) is 1.93. The van der Waals surface area contributed by atoms with Crippen LogP contribution in [-0.4, -0.2) is 18.8 Å². The SMILES string of the molecule is COC12CC3C[C@H](C1)C(NC(OCc1ccccc1)=C1CC1)[C@@H](C3)C2. The molecule has 3 unspecified atom stereocenters. The number of methoxy groups -OCH3 is 1. The van der Waals surface area contributed by atoms with E-state index in [4.69, 9.17) is 9.47 Å². The van der Waals surface area contributed by atoms with E-state index < -0.39 is 0 Å². The van der Waals surface area contributed by atoms with Crippen LogP contribution >= 0.6 is 0 Å². The first-order valence-corrected chi connectivity index (χ1v) is 9.95. The maximum atomic E-state index is 6.25. The summed E-state index contributed by atoms with van der Waals surface area (Å²) >= 11 is 0. The van der Waals surface area contributed by atoms with Crippen molar-refractivity contribution in [1.29, 1.82) is 0 Å². The maximum Gasteiger partial charge on any atom is 0.186 e. The van der Waals surface area contributed by atoms with Crippen molar-refractivity contribution in [3.8, 4) is 0 Å². The van der Waals surface area contributed by atoms with E-state index in [9.17, 15) is 0 Å².